The average molecular weight is 305 g/mol. The fourth-order valence-electron chi connectivity index (χ4n) is 2.09. The molecule has 0 aliphatic rings. The van der Waals surface area contributed by atoms with Crippen molar-refractivity contribution in [1.82, 2.24) is 5.16 Å². The number of aromatic nitrogens is 1. The highest BCUT2D eigenvalue weighted by molar-refractivity contribution is 7.19. The second-order valence-corrected chi connectivity index (χ2v) is 6.39. The van der Waals surface area contributed by atoms with Crippen LogP contribution < -0.4 is 5.73 Å². The Labute approximate surface area is 126 Å². The molecule has 0 bridgehead atoms. The summed E-state index contributed by atoms with van der Waals surface area (Å²) in [4.78, 5) is 0.948. The summed E-state index contributed by atoms with van der Waals surface area (Å²) in [6.45, 7) is 4.15. The molecule has 3 nitrogen and oxygen atoms in total. The molecule has 5 heteroatoms. The van der Waals surface area contributed by atoms with Gasteiger partial charge in [-0.15, -0.1) is 11.3 Å². The summed E-state index contributed by atoms with van der Waals surface area (Å²) in [6.07, 6.45) is 0. The van der Waals surface area contributed by atoms with E-state index in [2.05, 4.69) is 31.1 Å². The lowest BCUT2D eigenvalue weighted by Gasteiger charge is -2.05. The van der Waals surface area contributed by atoms with Crippen LogP contribution in [0.5, 0.6) is 0 Å². The van der Waals surface area contributed by atoms with Crippen molar-refractivity contribution < 1.29 is 4.52 Å². The number of nitrogens with zero attached hydrogens (tertiary/aromatic N) is 1. The van der Waals surface area contributed by atoms with Gasteiger partial charge in [0.1, 0.15) is 5.69 Å². The van der Waals surface area contributed by atoms with Crippen LogP contribution in [0.25, 0.3) is 21.7 Å². The molecule has 3 rings (SSSR count). The highest BCUT2D eigenvalue weighted by Gasteiger charge is 2.19. The van der Waals surface area contributed by atoms with Gasteiger partial charge < -0.3 is 10.3 Å². The predicted octanol–water partition coefficient (Wildman–Crippen LogP) is 4.92. The van der Waals surface area contributed by atoms with Crippen LogP contribution >= 0.6 is 22.9 Å². The molecule has 1 aromatic carbocycles. The Balaban J connectivity index is 2.18. The largest absolute Gasteiger partial charge is 0.367 e. The van der Waals surface area contributed by atoms with Gasteiger partial charge in [0, 0.05) is 0 Å². The smallest absolute Gasteiger partial charge is 0.230 e. The first-order chi connectivity index (χ1) is 9.56. The third-order valence-electron chi connectivity index (χ3n) is 3.32. The third-order valence-corrected chi connectivity index (χ3v) is 4.56. The first-order valence-corrected chi connectivity index (χ1v) is 7.34. The Kier molecular flexibility index (Phi) is 3.28. The summed E-state index contributed by atoms with van der Waals surface area (Å²) >= 11 is 7.45. The Morgan fingerprint density at radius 3 is 2.60 bits per heavy atom. The van der Waals surface area contributed by atoms with E-state index in [1.807, 2.05) is 18.2 Å². The molecule has 0 atom stereocenters. The molecule has 2 aromatic heterocycles. The predicted molar refractivity (Wildman–Crippen MR) is 84.1 cm³/mol. The average Bonchev–Trinajstić information content (AvgIpc) is 2.99. The first kappa shape index (κ1) is 13.2. The van der Waals surface area contributed by atoms with Crippen molar-refractivity contribution in [3.63, 3.8) is 0 Å². The van der Waals surface area contributed by atoms with Crippen LogP contribution in [0, 0.1) is 13.8 Å². The van der Waals surface area contributed by atoms with Crippen molar-refractivity contribution in [3.05, 3.63) is 45.8 Å². The SMILES string of the molecule is Cc1ccc(-c2c(-c3ccc(Cl)s3)noc2N)cc1C. The highest BCUT2D eigenvalue weighted by atomic mass is 35.5. The molecule has 2 N–H and O–H groups in total. The molecule has 20 heavy (non-hydrogen) atoms. The van der Waals surface area contributed by atoms with Crippen LogP contribution in [0.1, 0.15) is 11.1 Å². The molecule has 0 saturated heterocycles. The molecule has 0 aliphatic carbocycles. The number of halogens is 1. The number of anilines is 1. The van der Waals surface area contributed by atoms with E-state index in [1.54, 1.807) is 0 Å². The summed E-state index contributed by atoms with van der Waals surface area (Å²) in [5.41, 5.74) is 11.0. The molecule has 102 valence electrons. The van der Waals surface area contributed by atoms with E-state index >= 15 is 0 Å². The van der Waals surface area contributed by atoms with Gasteiger partial charge in [0.2, 0.25) is 5.88 Å². The van der Waals surface area contributed by atoms with Gasteiger partial charge in [0.25, 0.3) is 0 Å². The molecule has 0 saturated carbocycles. The fraction of sp³-hybridized carbons (Fsp3) is 0.133. The van der Waals surface area contributed by atoms with Crippen molar-refractivity contribution in [2.75, 3.05) is 5.73 Å². The number of hydrogen-bond acceptors (Lipinski definition) is 4. The van der Waals surface area contributed by atoms with E-state index in [1.165, 1.54) is 22.5 Å². The van der Waals surface area contributed by atoms with E-state index in [4.69, 9.17) is 21.9 Å². The van der Waals surface area contributed by atoms with E-state index in [0.717, 1.165) is 21.7 Å². The fourth-order valence-corrected chi connectivity index (χ4v) is 3.12. The van der Waals surface area contributed by atoms with Gasteiger partial charge in [-0.3, -0.25) is 0 Å². The summed E-state index contributed by atoms with van der Waals surface area (Å²) in [5, 5.41) is 4.08. The monoisotopic (exact) mass is 304 g/mol. The van der Waals surface area contributed by atoms with E-state index in [-0.39, 0.29) is 0 Å². The van der Waals surface area contributed by atoms with Crippen LogP contribution in [0.15, 0.2) is 34.9 Å². The summed E-state index contributed by atoms with van der Waals surface area (Å²) < 4.78 is 5.89. The zero-order valence-electron chi connectivity index (χ0n) is 11.1. The van der Waals surface area contributed by atoms with E-state index in [0.29, 0.717) is 10.2 Å². The van der Waals surface area contributed by atoms with Gasteiger partial charge in [0.05, 0.1) is 14.8 Å². The number of nitrogen functional groups attached to an aromatic ring is 1. The van der Waals surface area contributed by atoms with Gasteiger partial charge in [-0.25, -0.2) is 0 Å². The van der Waals surface area contributed by atoms with Crippen molar-refractivity contribution in [2.45, 2.75) is 13.8 Å². The lowest BCUT2D eigenvalue weighted by Crippen LogP contribution is -1.89. The van der Waals surface area contributed by atoms with Crippen LogP contribution in [-0.2, 0) is 0 Å². The van der Waals surface area contributed by atoms with Gasteiger partial charge in [0.15, 0.2) is 0 Å². The summed E-state index contributed by atoms with van der Waals surface area (Å²) in [5.74, 6) is 0.327. The topological polar surface area (TPSA) is 52.0 Å². The maximum Gasteiger partial charge on any atom is 0.230 e. The number of rotatable bonds is 2. The van der Waals surface area contributed by atoms with Gasteiger partial charge in [-0.05, 0) is 42.7 Å². The molecule has 3 aromatic rings. The van der Waals surface area contributed by atoms with Crippen molar-refractivity contribution >= 4 is 28.8 Å². The number of aryl methyl sites for hydroxylation is 2. The normalized spacial score (nSPS) is 10.9. The molecule has 0 radical (unpaired) electrons. The van der Waals surface area contributed by atoms with Crippen LogP contribution in [0.4, 0.5) is 5.88 Å². The number of hydrogen-bond donors (Lipinski definition) is 1. The Morgan fingerprint density at radius 1 is 1.15 bits per heavy atom. The van der Waals surface area contributed by atoms with Crippen molar-refractivity contribution in [1.29, 1.82) is 0 Å². The van der Waals surface area contributed by atoms with Crippen molar-refractivity contribution in [2.24, 2.45) is 0 Å². The summed E-state index contributed by atoms with van der Waals surface area (Å²) in [7, 11) is 0. The van der Waals surface area contributed by atoms with Gasteiger partial charge in [-0.2, -0.15) is 0 Å². The molecule has 0 fully saturated rings. The molecule has 0 amide bonds. The maximum absolute atomic E-state index is 5.99. The number of thiophene rings is 1. The molecular weight excluding hydrogens is 292 g/mol. The molecule has 2 heterocycles. The quantitative estimate of drug-likeness (QED) is 0.731. The Morgan fingerprint density at radius 2 is 1.95 bits per heavy atom. The lowest BCUT2D eigenvalue weighted by atomic mass is 10.00. The lowest BCUT2D eigenvalue weighted by molar-refractivity contribution is 0.439. The Hall–Kier alpha value is -1.78. The van der Waals surface area contributed by atoms with Crippen LogP contribution in [0.2, 0.25) is 4.34 Å². The maximum atomic E-state index is 5.99. The highest BCUT2D eigenvalue weighted by Crippen LogP contribution is 2.40. The van der Waals surface area contributed by atoms with E-state index in [9.17, 15) is 0 Å². The third kappa shape index (κ3) is 2.21. The molecule has 0 aliphatic heterocycles. The minimum absolute atomic E-state index is 0.327. The first-order valence-electron chi connectivity index (χ1n) is 6.14. The second kappa shape index (κ2) is 4.96. The van der Waals surface area contributed by atoms with Gasteiger partial charge >= 0.3 is 0 Å². The van der Waals surface area contributed by atoms with Crippen LogP contribution in [0.3, 0.4) is 0 Å². The van der Waals surface area contributed by atoms with E-state index < -0.39 is 0 Å². The number of benzene rings is 1. The van der Waals surface area contributed by atoms with Crippen LogP contribution in [-0.4, -0.2) is 5.16 Å². The second-order valence-electron chi connectivity index (χ2n) is 4.67. The van der Waals surface area contributed by atoms with Gasteiger partial charge in [-0.1, -0.05) is 35.0 Å². The minimum atomic E-state index is 0.327. The minimum Gasteiger partial charge on any atom is -0.367 e. The molecule has 0 spiro atoms. The number of nitrogens with two attached hydrogens (primary N) is 1. The van der Waals surface area contributed by atoms with Crippen molar-refractivity contribution in [3.8, 4) is 21.7 Å². The molecule has 0 unspecified atom stereocenters. The molecular formula is C15H13ClN2OS. The Bertz CT molecular complexity index is 776. The zero-order chi connectivity index (χ0) is 14.3. The summed E-state index contributed by atoms with van der Waals surface area (Å²) in [6, 6.07) is 9.97. The standard InChI is InChI=1S/C15H13ClN2OS/c1-8-3-4-10(7-9(8)2)13-14(18-19-15(13)17)11-5-6-12(16)20-11/h3-7H,17H2,1-2H3. The zero-order valence-corrected chi connectivity index (χ0v) is 12.7.